The Morgan fingerprint density at radius 2 is 2.05 bits per heavy atom. The van der Waals surface area contributed by atoms with Crippen molar-refractivity contribution >= 4 is 0 Å². The molecule has 1 fully saturated rings. The first-order chi connectivity index (χ1) is 10.2. The van der Waals surface area contributed by atoms with E-state index in [4.69, 9.17) is 10.3 Å². The summed E-state index contributed by atoms with van der Waals surface area (Å²) in [7, 11) is 0. The number of rotatable bonds is 4. The van der Waals surface area contributed by atoms with Gasteiger partial charge in [-0.05, 0) is 30.4 Å². The Labute approximate surface area is 123 Å². The molecule has 0 aliphatic heterocycles. The predicted molar refractivity (Wildman–Crippen MR) is 77.1 cm³/mol. The summed E-state index contributed by atoms with van der Waals surface area (Å²) in [5.74, 6) is 1.32. The molecule has 0 radical (unpaired) electrons. The second-order valence-electron chi connectivity index (χ2n) is 5.79. The van der Waals surface area contributed by atoms with Crippen molar-refractivity contribution in [3.8, 4) is 0 Å². The average Bonchev–Trinajstić information content (AvgIpc) is 2.91. The zero-order chi connectivity index (χ0) is 14.7. The monoisotopic (exact) mass is 289 g/mol. The van der Waals surface area contributed by atoms with Crippen LogP contribution in [-0.4, -0.2) is 16.2 Å². The molecule has 1 aliphatic rings. The van der Waals surface area contributed by atoms with E-state index in [1.165, 1.54) is 18.9 Å². The van der Waals surface area contributed by atoms with Gasteiger partial charge >= 0.3 is 0 Å². The van der Waals surface area contributed by atoms with Gasteiger partial charge in [0.2, 0.25) is 5.89 Å². The van der Waals surface area contributed by atoms with Gasteiger partial charge in [-0.2, -0.15) is 4.98 Å². The second kappa shape index (κ2) is 6.35. The molecule has 4 nitrogen and oxygen atoms in total. The van der Waals surface area contributed by atoms with Crippen molar-refractivity contribution in [1.82, 2.24) is 10.1 Å². The van der Waals surface area contributed by atoms with Gasteiger partial charge in [0, 0.05) is 18.9 Å². The van der Waals surface area contributed by atoms with Crippen molar-refractivity contribution in [2.75, 3.05) is 0 Å². The van der Waals surface area contributed by atoms with Crippen LogP contribution in [0.2, 0.25) is 0 Å². The van der Waals surface area contributed by atoms with Crippen LogP contribution in [0.5, 0.6) is 0 Å². The van der Waals surface area contributed by atoms with Gasteiger partial charge in [0.25, 0.3) is 0 Å². The van der Waals surface area contributed by atoms with Gasteiger partial charge in [0.05, 0.1) is 0 Å². The van der Waals surface area contributed by atoms with Crippen LogP contribution in [0.25, 0.3) is 0 Å². The summed E-state index contributed by atoms with van der Waals surface area (Å²) in [6.45, 7) is 0. The maximum Gasteiger partial charge on any atom is 0.226 e. The predicted octanol–water partition coefficient (Wildman–Crippen LogP) is 2.86. The minimum Gasteiger partial charge on any atom is -0.339 e. The number of nitrogens with zero attached hydrogens (tertiary/aromatic N) is 2. The van der Waals surface area contributed by atoms with Gasteiger partial charge in [-0.1, -0.05) is 36.2 Å². The summed E-state index contributed by atoms with van der Waals surface area (Å²) in [4.78, 5) is 4.38. The van der Waals surface area contributed by atoms with Crippen molar-refractivity contribution in [2.45, 2.75) is 44.6 Å². The third kappa shape index (κ3) is 3.47. The fourth-order valence-corrected chi connectivity index (χ4v) is 2.97. The summed E-state index contributed by atoms with van der Waals surface area (Å²) < 4.78 is 18.9. The molecule has 1 heterocycles. The van der Waals surface area contributed by atoms with E-state index in [0.29, 0.717) is 29.6 Å². The molecule has 3 rings (SSSR count). The highest BCUT2D eigenvalue weighted by molar-refractivity contribution is 5.20. The largest absolute Gasteiger partial charge is 0.339 e. The Hall–Kier alpha value is -1.75. The van der Waals surface area contributed by atoms with Gasteiger partial charge in [-0.25, -0.2) is 4.39 Å². The molecule has 5 heteroatoms. The van der Waals surface area contributed by atoms with Crippen LogP contribution in [0.4, 0.5) is 4.39 Å². The Morgan fingerprint density at radius 1 is 1.24 bits per heavy atom. The quantitative estimate of drug-likeness (QED) is 0.940. The highest BCUT2D eigenvalue weighted by Crippen LogP contribution is 2.25. The fourth-order valence-electron chi connectivity index (χ4n) is 2.97. The van der Waals surface area contributed by atoms with Crippen LogP contribution < -0.4 is 5.73 Å². The summed E-state index contributed by atoms with van der Waals surface area (Å²) in [5.41, 5.74) is 6.72. The molecule has 1 saturated carbocycles. The number of hydrogen-bond donors (Lipinski definition) is 1. The minimum atomic E-state index is -0.238. The lowest BCUT2D eigenvalue weighted by molar-refractivity contribution is 0.273. The topological polar surface area (TPSA) is 64.9 Å². The van der Waals surface area contributed by atoms with E-state index in [2.05, 4.69) is 10.1 Å². The molecule has 1 aromatic carbocycles. The smallest absolute Gasteiger partial charge is 0.226 e. The molecule has 21 heavy (non-hydrogen) atoms. The third-order valence-electron chi connectivity index (χ3n) is 4.22. The van der Waals surface area contributed by atoms with Crippen LogP contribution in [0.15, 0.2) is 28.8 Å². The molecule has 2 aromatic rings. The highest BCUT2D eigenvalue weighted by atomic mass is 19.1. The molecule has 1 aromatic heterocycles. The molecule has 0 saturated heterocycles. The summed E-state index contributed by atoms with van der Waals surface area (Å²) in [6.07, 6.45) is 5.69. The fraction of sp³-hybridized carbons (Fsp3) is 0.500. The van der Waals surface area contributed by atoms with E-state index >= 15 is 0 Å². The van der Waals surface area contributed by atoms with Crippen molar-refractivity contribution in [3.63, 3.8) is 0 Å². The average molecular weight is 289 g/mol. The standard InChI is InChI=1S/C16H20FN3O/c17-13-7-3-1-5-11(13)9-15-19-16(21-20-15)10-12-6-2-4-8-14(12)18/h1,3,5,7,12,14H,2,4,6,8-10,18H2. The lowest BCUT2D eigenvalue weighted by atomic mass is 9.83. The molecule has 0 bridgehead atoms. The first kappa shape index (κ1) is 14.2. The van der Waals surface area contributed by atoms with Gasteiger partial charge in [-0.3, -0.25) is 0 Å². The van der Waals surface area contributed by atoms with Crippen molar-refractivity contribution in [1.29, 1.82) is 0 Å². The Bertz CT molecular complexity index is 599. The summed E-state index contributed by atoms with van der Waals surface area (Å²) in [6, 6.07) is 6.88. The van der Waals surface area contributed by atoms with Gasteiger partial charge in [0.1, 0.15) is 5.82 Å². The Kier molecular flexibility index (Phi) is 4.29. The van der Waals surface area contributed by atoms with E-state index < -0.39 is 0 Å². The van der Waals surface area contributed by atoms with Crippen LogP contribution in [-0.2, 0) is 12.8 Å². The number of nitrogens with two attached hydrogens (primary N) is 1. The zero-order valence-electron chi connectivity index (χ0n) is 12.0. The van der Waals surface area contributed by atoms with Crippen LogP contribution in [0.1, 0.15) is 43.0 Å². The molecule has 1 aliphatic carbocycles. The normalized spacial score (nSPS) is 22.4. The first-order valence-electron chi connectivity index (χ1n) is 7.53. The van der Waals surface area contributed by atoms with Gasteiger partial charge < -0.3 is 10.3 Å². The van der Waals surface area contributed by atoms with E-state index in [-0.39, 0.29) is 11.9 Å². The maximum absolute atomic E-state index is 13.6. The molecule has 2 unspecified atom stereocenters. The lowest BCUT2D eigenvalue weighted by Crippen LogP contribution is -2.34. The molecular formula is C16H20FN3O. The van der Waals surface area contributed by atoms with Crippen LogP contribution in [0.3, 0.4) is 0 Å². The maximum atomic E-state index is 13.6. The van der Waals surface area contributed by atoms with Crippen LogP contribution in [0, 0.1) is 11.7 Å². The lowest BCUT2D eigenvalue weighted by Gasteiger charge is -2.27. The molecule has 0 spiro atoms. The zero-order valence-corrected chi connectivity index (χ0v) is 12.0. The van der Waals surface area contributed by atoms with Crippen molar-refractivity contribution in [2.24, 2.45) is 11.7 Å². The second-order valence-corrected chi connectivity index (χ2v) is 5.79. The third-order valence-corrected chi connectivity index (χ3v) is 4.22. The van der Waals surface area contributed by atoms with Gasteiger partial charge in [-0.15, -0.1) is 0 Å². The molecular weight excluding hydrogens is 269 g/mol. The Balaban J connectivity index is 1.65. The molecule has 2 atom stereocenters. The van der Waals surface area contributed by atoms with E-state index in [1.807, 2.05) is 0 Å². The van der Waals surface area contributed by atoms with Crippen molar-refractivity contribution < 1.29 is 8.91 Å². The molecule has 112 valence electrons. The van der Waals surface area contributed by atoms with E-state index in [9.17, 15) is 4.39 Å². The first-order valence-corrected chi connectivity index (χ1v) is 7.53. The summed E-state index contributed by atoms with van der Waals surface area (Å²) >= 11 is 0. The van der Waals surface area contributed by atoms with E-state index in [1.54, 1.807) is 18.2 Å². The molecule has 2 N–H and O–H groups in total. The van der Waals surface area contributed by atoms with E-state index in [0.717, 1.165) is 19.3 Å². The summed E-state index contributed by atoms with van der Waals surface area (Å²) in [5, 5.41) is 3.95. The molecule has 0 amide bonds. The number of benzene rings is 1. The Morgan fingerprint density at radius 3 is 2.86 bits per heavy atom. The number of halogens is 1. The number of hydrogen-bond acceptors (Lipinski definition) is 4. The van der Waals surface area contributed by atoms with Gasteiger partial charge in [0.15, 0.2) is 5.82 Å². The highest BCUT2D eigenvalue weighted by Gasteiger charge is 2.24. The van der Waals surface area contributed by atoms with Crippen LogP contribution >= 0.6 is 0 Å². The minimum absolute atomic E-state index is 0.223. The van der Waals surface area contributed by atoms with Crippen molar-refractivity contribution in [3.05, 3.63) is 47.4 Å². The number of aromatic nitrogens is 2. The SMILES string of the molecule is NC1CCCCC1Cc1nc(Cc2ccccc2F)no1.